The van der Waals surface area contributed by atoms with Crippen LogP contribution in [0.15, 0.2) is 31.4 Å². The summed E-state index contributed by atoms with van der Waals surface area (Å²) in [4.78, 5) is 0. The number of benzene rings is 1. The summed E-state index contributed by atoms with van der Waals surface area (Å²) in [5, 5.41) is 0. The average molecular weight is 200 g/mol. The van der Waals surface area contributed by atoms with Crippen molar-refractivity contribution in [2.24, 2.45) is 5.41 Å². The second-order valence-electron chi connectivity index (χ2n) is 5.07. The van der Waals surface area contributed by atoms with Crippen molar-refractivity contribution in [2.45, 2.75) is 27.2 Å². The Morgan fingerprint density at radius 3 is 2.27 bits per heavy atom. The van der Waals surface area contributed by atoms with Gasteiger partial charge in [0, 0.05) is 0 Å². The van der Waals surface area contributed by atoms with Gasteiger partial charge in [0.1, 0.15) is 0 Å². The van der Waals surface area contributed by atoms with Crippen LogP contribution in [0.3, 0.4) is 0 Å². The van der Waals surface area contributed by atoms with Crippen molar-refractivity contribution in [1.29, 1.82) is 0 Å². The summed E-state index contributed by atoms with van der Waals surface area (Å²) in [7, 11) is 0. The molecule has 0 bridgehead atoms. The SMILES string of the molecule is C=Cc1cccc(CC(C)(C)C)c1C=C. The minimum atomic E-state index is 0.303. The van der Waals surface area contributed by atoms with Crippen LogP contribution >= 0.6 is 0 Å². The third-order valence-electron chi connectivity index (χ3n) is 2.37. The zero-order valence-electron chi connectivity index (χ0n) is 10.0. The van der Waals surface area contributed by atoms with Gasteiger partial charge >= 0.3 is 0 Å². The molecule has 0 atom stereocenters. The maximum atomic E-state index is 3.88. The Balaban J connectivity index is 3.17. The molecule has 0 nitrogen and oxygen atoms in total. The van der Waals surface area contributed by atoms with E-state index < -0.39 is 0 Å². The van der Waals surface area contributed by atoms with Crippen molar-refractivity contribution in [3.8, 4) is 0 Å². The van der Waals surface area contributed by atoms with Crippen molar-refractivity contribution in [2.75, 3.05) is 0 Å². The van der Waals surface area contributed by atoms with Crippen molar-refractivity contribution >= 4 is 12.2 Å². The lowest BCUT2D eigenvalue weighted by Crippen LogP contribution is -2.10. The Labute approximate surface area is 93.3 Å². The molecule has 1 rings (SSSR count). The first-order valence-corrected chi connectivity index (χ1v) is 5.34. The fourth-order valence-corrected chi connectivity index (χ4v) is 1.79. The van der Waals surface area contributed by atoms with Gasteiger partial charge in [-0.3, -0.25) is 0 Å². The standard InChI is InChI=1S/C15H20/c1-6-12-9-8-10-13(14(12)7-2)11-15(3,4)5/h6-10H,1-2,11H2,3-5H3. The van der Waals surface area contributed by atoms with Crippen LogP contribution in [0.2, 0.25) is 0 Å². The van der Waals surface area contributed by atoms with Crippen LogP contribution in [0, 0.1) is 5.41 Å². The van der Waals surface area contributed by atoms with Gasteiger partial charge in [-0.05, 0) is 28.5 Å². The van der Waals surface area contributed by atoms with Crippen LogP contribution in [-0.2, 0) is 6.42 Å². The molecule has 0 radical (unpaired) electrons. The highest BCUT2D eigenvalue weighted by Gasteiger charge is 2.13. The lowest BCUT2D eigenvalue weighted by molar-refractivity contribution is 0.411. The van der Waals surface area contributed by atoms with Gasteiger partial charge in [0.05, 0.1) is 0 Å². The molecule has 15 heavy (non-hydrogen) atoms. The quantitative estimate of drug-likeness (QED) is 0.671. The molecule has 1 aromatic rings. The van der Waals surface area contributed by atoms with Gasteiger partial charge in [-0.25, -0.2) is 0 Å². The van der Waals surface area contributed by atoms with Gasteiger partial charge in [-0.1, -0.05) is 64.3 Å². The van der Waals surface area contributed by atoms with Gasteiger partial charge < -0.3 is 0 Å². The lowest BCUT2D eigenvalue weighted by atomic mass is 9.85. The molecule has 0 spiro atoms. The molecule has 0 aliphatic carbocycles. The van der Waals surface area contributed by atoms with E-state index in [9.17, 15) is 0 Å². The topological polar surface area (TPSA) is 0 Å². The first kappa shape index (κ1) is 11.8. The molecule has 1 aromatic carbocycles. The fourth-order valence-electron chi connectivity index (χ4n) is 1.79. The Bertz CT molecular complexity index is 364. The molecule has 0 fully saturated rings. The third-order valence-corrected chi connectivity index (χ3v) is 2.37. The highest BCUT2D eigenvalue weighted by molar-refractivity contribution is 5.66. The molecule has 80 valence electrons. The molecule has 0 aliphatic heterocycles. The second kappa shape index (κ2) is 4.48. The molecule has 0 saturated heterocycles. The lowest BCUT2D eigenvalue weighted by Gasteiger charge is -2.20. The predicted octanol–water partition coefficient (Wildman–Crippen LogP) is 4.56. The van der Waals surface area contributed by atoms with Crippen LogP contribution in [0.5, 0.6) is 0 Å². The summed E-state index contributed by atoms with van der Waals surface area (Å²) >= 11 is 0. The van der Waals surface area contributed by atoms with Crippen molar-refractivity contribution < 1.29 is 0 Å². The van der Waals surface area contributed by atoms with Crippen LogP contribution in [0.4, 0.5) is 0 Å². The molecule has 0 amide bonds. The number of hydrogen-bond acceptors (Lipinski definition) is 0. The molecular weight excluding hydrogens is 180 g/mol. The number of hydrogen-bond donors (Lipinski definition) is 0. The zero-order valence-corrected chi connectivity index (χ0v) is 10.0. The Kier molecular flexibility index (Phi) is 3.52. The highest BCUT2D eigenvalue weighted by atomic mass is 14.2. The highest BCUT2D eigenvalue weighted by Crippen LogP contribution is 2.25. The summed E-state index contributed by atoms with van der Waals surface area (Å²) in [5.74, 6) is 0. The fraction of sp³-hybridized carbons (Fsp3) is 0.333. The van der Waals surface area contributed by atoms with Gasteiger partial charge in [-0.2, -0.15) is 0 Å². The Morgan fingerprint density at radius 2 is 1.80 bits per heavy atom. The average Bonchev–Trinajstić information content (AvgIpc) is 2.15. The van der Waals surface area contributed by atoms with E-state index in [1.807, 2.05) is 12.2 Å². The molecule has 0 aliphatic rings. The Hall–Kier alpha value is -1.30. The molecular formula is C15H20. The first-order chi connectivity index (χ1) is 6.98. The van der Waals surface area contributed by atoms with E-state index in [1.54, 1.807) is 0 Å². The van der Waals surface area contributed by atoms with Gasteiger partial charge in [0.15, 0.2) is 0 Å². The van der Waals surface area contributed by atoms with E-state index >= 15 is 0 Å². The molecule has 0 heterocycles. The molecule has 0 N–H and O–H groups in total. The molecule has 0 aromatic heterocycles. The van der Waals surface area contributed by atoms with Crippen LogP contribution in [0.25, 0.3) is 12.2 Å². The minimum absolute atomic E-state index is 0.303. The van der Waals surface area contributed by atoms with Gasteiger partial charge in [-0.15, -0.1) is 0 Å². The predicted molar refractivity (Wildman–Crippen MR) is 69.8 cm³/mol. The van der Waals surface area contributed by atoms with E-state index in [2.05, 4.69) is 52.1 Å². The smallest absolute Gasteiger partial charge is 0.0158 e. The van der Waals surface area contributed by atoms with Crippen molar-refractivity contribution in [3.63, 3.8) is 0 Å². The summed E-state index contributed by atoms with van der Waals surface area (Å²) in [6.45, 7) is 14.5. The summed E-state index contributed by atoms with van der Waals surface area (Å²) in [5.41, 5.74) is 4.06. The van der Waals surface area contributed by atoms with Crippen molar-refractivity contribution in [1.82, 2.24) is 0 Å². The maximum Gasteiger partial charge on any atom is -0.0158 e. The summed E-state index contributed by atoms with van der Waals surface area (Å²) in [6, 6.07) is 6.34. The monoisotopic (exact) mass is 200 g/mol. The van der Waals surface area contributed by atoms with Crippen LogP contribution in [-0.4, -0.2) is 0 Å². The van der Waals surface area contributed by atoms with Crippen LogP contribution < -0.4 is 0 Å². The van der Waals surface area contributed by atoms with Gasteiger partial charge in [0.25, 0.3) is 0 Å². The molecule has 0 saturated carbocycles. The minimum Gasteiger partial charge on any atom is -0.0984 e. The van der Waals surface area contributed by atoms with Crippen molar-refractivity contribution in [3.05, 3.63) is 48.0 Å². The normalized spacial score (nSPS) is 11.1. The first-order valence-electron chi connectivity index (χ1n) is 5.34. The van der Waals surface area contributed by atoms with E-state index in [1.165, 1.54) is 16.7 Å². The van der Waals surface area contributed by atoms with E-state index in [-0.39, 0.29) is 0 Å². The molecule has 0 heteroatoms. The number of rotatable bonds is 3. The molecule has 0 unspecified atom stereocenters. The summed E-state index contributed by atoms with van der Waals surface area (Å²) in [6.07, 6.45) is 4.89. The maximum absolute atomic E-state index is 3.88. The van der Waals surface area contributed by atoms with E-state index in [0.29, 0.717) is 5.41 Å². The Morgan fingerprint density at radius 1 is 1.13 bits per heavy atom. The zero-order chi connectivity index (χ0) is 11.5. The largest absolute Gasteiger partial charge is 0.0984 e. The third kappa shape index (κ3) is 3.09. The van der Waals surface area contributed by atoms with Gasteiger partial charge in [0.2, 0.25) is 0 Å². The van der Waals surface area contributed by atoms with E-state index in [4.69, 9.17) is 0 Å². The van der Waals surface area contributed by atoms with E-state index in [0.717, 1.165) is 6.42 Å². The summed E-state index contributed by atoms with van der Waals surface area (Å²) < 4.78 is 0. The second-order valence-corrected chi connectivity index (χ2v) is 5.07. The van der Waals surface area contributed by atoms with Crippen LogP contribution in [0.1, 0.15) is 37.5 Å².